The van der Waals surface area contributed by atoms with Gasteiger partial charge in [-0.15, -0.1) is 0 Å². The Kier molecular flexibility index (Phi) is 5.16. The van der Waals surface area contributed by atoms with Gasteiger partial charge in [0.2, 0.25) is 5.95 Å². The van der Waals surface area contributed by atoms with Crippen molar-refractivity contribution in [3.63, 3.8) is 0 Å². The van der Waals surface area contributed by atoms with E-state index in [0.29, 0.717) is 22.6 Å². The molecule has 161 valence electrons. The number of hydrogen-bond acceptors (Lipinski definition) is 8. The molecule has 0 aliphatic carbocycles. The van der Waals surface area contributed by atoms with Crippen molar-refractivity contribution in [1.29, 1.82) is 0 Å². The summed E-state index contributed by atoms with van der Waals surface area (Å²) in [5, 5.41) is 7.24. The van der Waals surface area contributed by atoms with Crippen LogP contribution in [0.5, 0.6) is 0 Å². The number of nitrogens with two attached hydrogens (primary N) is 1. The van der Waals surface area contributed by atoms with E-state index in [4.69, 9.17) is 15.5 Å². The fraction of sp³-hybridized carbons (Fsp3) is 0.217. The quantitative estimate of drug-likeness (QED) is 0.651. The van der Waals surface area contributed by atoms with Gasteiger partial charge in [-0.1, -0.05) is 0 Å². The molecule has 1 saturated heterocycles. The molecule has 0 unspecified atom stereocenters. The highest BCUT2D eigenvalue weighted by molar-refractivity contribution is 6.05. The molecule has 3 N–H and O–H groups in total. The summed E-state index contributed by atoms with van der Waals surface area (Å²) < 4.78 is 5.46. The Morgan fingerprint density at radius 1 is 1.12 bits per heavy atom. The lowest BCUT2D eigenvalue weighted by Gasteiger charge is -2.30. The topological polar surface area (TPSA) is 120 Å². The third-order valence-corrected chi connectivity index (χ3v) is 5.49. The maximum absolute atomic E-state index is 12.6. The van der Waals surface area contributed by atoms with Gasteiger partial charge in [-0.2, -0.15) is 0 Å². The first-order valence-corrected chi connectivity index (χ1v) is 10.3. The number of ether oxygens (including phenoxy) is 1. The van der Waals surface area contributed by atoms with E-state index < -0.39 is 0 Å². The standard InChI is InChI=1S/C23H22N7O2/c1-14-10-17(2-3-19(14)30-6-8-32-9-7-30)28-21-20-15(4-5-25-22(20)31)11-18(29-21)16-12-26-23(24)27-13-16/h2-5,10-13H,6-9H2,1H3,(H,28,29)(H2,24,26,27). The molecule has 0 atom stereocenters. The molecule has 1 radical (unpaired) electrons. The fourth-order valence-corrected chi connectivity index (χ4v) is 3.91. The number of morpholine rings is 1. The number of nitrogens with zero attached hydrogens (tertiary/aromatic N) is 5. The lowest BCUT2D eigenvalue weighted by Crippen LogP contribution is -2.36. The van der Waals surface area contributed by atoms with Gasteiger partial charge in [-0.05, 0) is 48.4 Å². The lowest BCUT2D eigenvalue weighted by atomic mass is 10.0. The van der Waals surface area contributed by atoms with Crippen LogP contribution in [0.15, 0.2) is 42.9 Å². The summed E-state index contributed by atoms with van der Waals surface area (Å²) in [6.07, 6.45) is 6.51. The van der Waals surface area contributed by atoms with E-state index in [1.54, 1.807) is 18.5 Å². The number of aryl methyl sites for hydroxylation is 1. The van der Waals surface area contributed by atoms with Gasteiger partial charge in [-0.25, -0.2) is 20.3 Å². The lowest BCUT2D eigenvalue weighted by molar-refractivity contribution is 0.0965. The van der Waals surface area contributed by atoms with E-state index in [1.165, 1.54) is 11.9 Å². The summed E-state index contributed by atoms with van der Waals surface area (Å²) >= 11 is 0. The number of nitrogen functional groups attached to an aromatic ring is 1. The van der Waals surface area contributed by atoms with Crippen molar-refractivity contribution in [3.05, 3.63) is 59.5 Å². The number of rotatable bonds is 4. The fourth-order valence-electron chi connectivity index (χ4n) is 3.91. The van der Waals surface area contributed by atoms with Crippen LogP contribution in [0.1, 0.15) is 21.5 Å². The number of hydrogen-bond donors (Lipinski definition) is 2. The summed E-state index contributed by atoms with van der Waals surface area (Å²) in [4.78, 5) is 27.7. The predicted molar refractivity (Wildman–Crippen MR) is 123 cm³/mol. The highest BCUT2D eigenvalue weighted by Gasteiger charge is 2.23. The number of aromatic nitrogens is 3. The number of fused-ring (bicyclic) bond motifs is 1. The molecule has 2 aromatic heterocycles. The van der Waals surface area contributed by atoms with E-state index >= 15 is 0 Å². The van der Waals surface area contributed by atoms with Gasteiger partial charge in [-0.3, -0.25) is 4.79 Å². The molecule has 0 saturated carbocycles. The van der Waals surface area contributed by atoms with E-state index in [0.717, 1.165) is 43.1 Å². The zero-order valence-corrected chi connectivity index (χ0v) is 17.6. The Morgan fingerprint density at radius 3 is 2.66 bits per heavy atom. The molecule has 0 bridgehead atoms. The number of carbonyl (C=O) groups is 1. The monoisotopic (exact) mass is 428 g/mol. The second kappa shape index (κ2) is 8.27. The average Bonchev–Trinajstić information content (AvgIpc) is 2.80. The number of carbonyl (C=O) groups excluding carboxylic acids is 1. The van der Waals surface area contributed by atoms with Crippen molar-refractivity contribution in [3.8, 4) is 11.3 Å². The van der Waals surface area contributed by atoms with Crippen molar-refractivity contribution < 1.29 is 9.53 Å². The molecule has 1 fully saturated rings. The van der Waals surface area contributed by atoms with E-state index in [1.807, 2.05) is 12.1 Å². The highest BCUT2D eigenvalue weighted by Crippen LogP contribution is 2.32. The molecule has 3 aromatic rings. The zero-order chi connectivity index (χ0) is 22.1. The molecular weight excluding hydrogens is 406 g/mol. The van der Waals surface area contributed by atoms with Gasteiger partial charge in [0, 0.05) is 48.6 Å². The first kappa shape index (κ1) is 20.0. The van der Waals surface area contributed by atoms with Gasteiger partial charge in [0.15, 0.2) is 0 Å². The Hall–Kier alpha value is -3.98. The second-order valence-corrected chi connectivity index (χ2v) is 7.63. The SMILES string of the molecule is Cc1cc(Nc2nc(-c3cnc(N)nc3)cc3c2C(=O)[N]C=C3)ccc1N1CCOCC1. The molecule has 2 aliphatic rings. The molecule has 32 heavy (non-hydrogen) atoms. The highest BCUT2D eigenvalue weighted by atomic mass is 16.5. The van der Waals surface area contributed by atoms with Crippen LogP contribution in [0.4, 0.5) is 23.1 Å². The molecule has 9 heteroatoms. The van der Waals surface area contributed by atoms with Crippen molar-refractivity contribution in [2.45, 2.75) is 6.92 Å². The second-order valence-electron chi connectivity index (χ2n) is 7.63. The van der Waals surface area contributed by atoms with Crippen LogP contribution in [0, 0.1) is 6.92 Å². The summed E-state index contributed by atoms with van der Waals surface area (Å²) in [5.74, 6) is 0.292. The molecule has 1 amide bonds. The maximum Gasteiger partial charge on any atom is 0.281 e. The first-order valence-electron chi connectivity index (χ1n) is 10.3. The van der Waals surface area contributed by atoms with Crippen LogP contribution < -0.4 is 21.3 Å². The van der Waals surface area contributed by atoms with E-state index in [9.17, 15) is 4.79 Å². The molecule has 9 nitrogen and oxygen atoms in total. The van der Waals surface area contributed by atoms with Crippen LogP contribution in [-0.2, 0) is 4.74 Å². The van der Waals surface area contributed by atoms with Crippen molar-refractivity contribution >= 4 is 35.1 Å². The molecule has 1 aromatic carbocycles. The number of anilines is 4. The Labute approximate surface area is 185 Å². The normalized spacial score (nSPS) is 15.3. The number of pyridine rings is 1. The van der Waals surface area contributed by atoms with Gasteiger partial charge in [0.25, 0.3) is 5.91 Å². The van der Waals surface area contributed by atoms with Crippen molar-refractivity contribution in [1.82, 2.24) is 20.3 Å². The van der Waals surface area contributed by atoms with Gasteiger partial charge < -0.3 is 20.7 Å². The van der Waals surface area contributed by atoms with Crippen molar-refractivity contribution in [2.24, 2.45) is 0 Å². The van der Waals surface area contributed by atoms with Gasteiger partial charge in [0.1, 0.15) is 5.82 Å². The molecule has 0 spiro atoms. The Morgan fingerprint density at radius 2 is 1.91 bits per heavy atom. The van der Waals surface area contributed by atoms with E-state index in [2.05, 4.69) is 44.6 Å². The zero-order valence-electron chi connectivity index (χ0n) is 17.6. The molecular formula is C23H22N7O2. The molecule has 2 aliphatic heterocycles. The summed E-state index contributed by atoms with van der Waals surface area (Å²) in [7, 11) is 0. The van der Waals surface area contributed by atoms with Crippen LogP contribution in [0.2, 0.25) is 0 Å². The van der Waals surface area contributed by atoms with E-state index in [-0.39, 0.29) is 11.9 Å². The first-order chi connectivity index (χ1) is 15.6. The third kappa shape index (κ3) is 3.85. The minimum absolute atomic E-state index is 0.190. The van der Waals surface area contributed by atoms with Gasteiger partial charge in [0.05, 0.1) is 24.5 Å². The number of nitrogens with one attached hydrogen (secondary N) is 1. The van der Waals surface area contributed by atoms with Crippen LogP contribution in [0.3, 0.4) is 0 Å². The minimum atomic E-state index is -0.334. The largest absolute Gasteiger partial charge is 0.378 e. The van der Waals surface area contributed by atoms with Gasteiger partial charge >= 0.3 is 0 Å². The molecule has 5 rings (SSSR count). The average molecular weight is 428 g/mol. The summed E-state index contributed by atoms with van der Waals surface area (Å²) in [5.41, 5.74) is 11.3. The minimum Gasteiger partial charge on any atom is -0.378 e. The number of benzene rings is 1. The van der Waals surface area contributed by atoms with Crippen molar-refractivity contribution in [2.75, 3.05) is 42.3 Å². The smallest absolute Gasteiger partial charge is 0.281 e. The molecule has 4 heterocycles. The maximum atomic E-state index is 12.6. The van der Waals surface area contributed by atoms with Crippen LogP contribution >= 0.6 is 0 Å². The third-order valence-electron chi connectivity index (χ3n) is 5.49. The van der Waals surface area contributed by atoms with Crippen LogP contribution in [0.25, 0.3) is 17.3 Å². The Bertz CT molecular complexity index is 1200. The summed E-state index contributed by atoms with van der Waals surface area (Å²) in [6.45, 7) is 5.28. The number of amides is 1. The summed E-state index contributed by atoms with van der Waals surface area (Å²) in [6, 6.07) is 7.95. The Balaban J connectivity index is 1.52. The predicted octanol–water partition coefficient (Wildman–Crippen LogP) is 2.74. The van der Waals surface area contributed by atoms with Crippen LogP contribution in [-0.4, -0.2) is 47.2 Å².